The summed E-state index contributed by atoms with van der Waals surface area (Å²) in [6.45, 7) is 4.02. The van der Waals surface area contributed by atoms with Gasteiger partial charge in [-0.15, -0.1) is 0 Å². The largest absolute Gasteiger partial charge is 0.490 e. The Morgan fingerprint density at radius 3 is 2.69 bits per heavy atom. The molecule has 90 valence electrons. The van der Waals surface area contributed by atoms with Crippen LogP contribution in [0.4, 0.5) is 5.82 Å². The molecule has 2 N–H and O–H groups in total. The van der Waals surface area contributed by atoms with Gasteiger partial charge >= 0.3 is 0 Å². The topological polar surface area (TPSA) is 67.3 Å². The Labute approximate surface area is 99.8 Å². The number of aromatic nitrogens is 2. The van der Waals surface area contributed by atoms with Crippen molar-refractivity contribution >= 4 is 17.4 Å². The van der Waals surface area contributed by atoms with E-state index in [9.17, 15) is 5.11 Å². The van der Waals surface area contributed by atoms with Crippen molar-refractivity contribution in [2.75, 3.05) is 19.0 Å². The first-order valence-corrected chi connectivity index (χ1v) is 5.39. The van der Waals surface area contributed by atoms with E-state index in [1.165, 1.54) is 13.4 Å². The van der Waals surface area contributed by atoms with Gasteiger partial charge in [0.2, 0.25) is 0 Å². The molecule has 0 fully saturated rings. The van der Waals surface area contributed by atoms with Crippen LogP contribution in [0.5, 0.6) is 5.75 Å². The molecule has 0 aliphatic heterocycles. The lowest BCUT2D eigenvalue weighted by molar-refractivity contribution is 0.248. The summed E-state index contributed by atoms with van der Waals surface area (Å²) in [5, 5.41) is 12.5. The normalized spacial score (nSPS) is 12.6. The van der Waals surface area contributed by atoms with Crippen LogP contribution in [0, 0.1) is 5.92 Å². The fourth-order valence-electron chi connectivity index (χ4n) is 1.23. The number of anilines is 1. The van der Waals surface area contributed by atoms with E-state index in [1.807, 2.05) is 13.8 Å². The second-order valence-corrected chi connectivity index (χ2v) is 4.08. The molecule has 1 heterocycles. The van der Waals surface area contributed by atoms with Crippen LogP contribution in [0.15, 0.2) is 6.33 Å². The van der Waals surface area contributed by atoms with Crippen molar-refractivity contribution in [2.45, 2.75) is 19.9 Å². The predicted octanol–water partition coefficient (Wildman–Crippen LogP) is 1.57. The SMILES string of the molecule is COc1c(Cl)ncnc1NC(CO)C(C)C. The number of halogens is 1. The van der Waals surface area contributed by atoms with Gasteiger partial charge in [-0.3, -0.25) is 0 Å². The molecule has 0 radical (unpaired) electrons. The number of hydrogen-bond acceptors (Lipinski definition) is 5. The highest BCUT2D eigenvalue weighted by molar-refractivity contribution is 6.31. The lowest BCUT2D eigenvalue weighted by atomic mass is 10.1. The number of nitrogens with zero attached hydrogens (tertiary/aromatic N) is 2. The van der Waals surface area contributed by atoms with Gasteiger partial charge in [0.15, 0.2) is 16.7 Å². The van der Waals surface area contributed by atoms with Crippen molar-refractivity contribution in [1.29, 1.82) is 0 Å². The Bertz CT molecular complexity index is 347. The fraction of sp³-hybridized carbons (Fsp3) is 0.600. The average Bonchev–Trinajstić information content (AvgIpc) is 2.25. The summed E-state index contributed by atoms with van der Waals surface area (Å²) in [5.74, 6) is 1.15. The third-order valence-electron chi connectivity index (χ3n) is 2.29. The van der Waals surface area contributed by atoms with Crippen molar-refractivity contribution in [3.05, 3.63) is 11.5 Å². The van der Waals surface area contributed by atoms with Gasteiger partial charge < -0.3 is 15.2 Å². The van der Waals surface area contributed by atoms with Crippen LogP contribution in [-0.2, 0) is 0 Å². The van der Waals surface area contributed by atoms with E-state index in [2.05, 4.69) is 15.3 Å². The molecular weight excluding hydrogens is 230 g/mol. The molecule has 0 saturated carbocycles. The molecule has 0 aliphatic carbocycles. The van der Waals surface area contributed by atoms with Gasteiger partial charge in [0.1, 0.15) is 6.33 Å². The number of rotatable bonds is 5. The molecule has 0 saturated heterocycles. The molecule has 1 atom stereocenters. The van der Waals surface area contributed by atoms with Crippen LogP contribution in [0.3, 0.4) is 0 Å². The van der Waals surface area contributed by atoms with Crippen LogP contribution in [0.1, 0.15) is 13.8 Å². The smallest absolute Gasteiger partial charge is 0.198 e. The summed E-state index contributed by atoms with van der Waals surface area (Å²) in [6, 6.07) is -0.0973. The first-order valence-electron chi connectivity index (χ1n) is 5.02. The van der Waals surface area contributed by atoms with E-state index in [0.29, 0.717) is 11.6 Å². The zero-order valence-corrected chi connectivity index (χ0v) is 10.3. The minimum Gasteiger partial charge on any atom is -0.490 e. The quantitative estimate of drug-likeness (QED) is 0.771. The molecule has 0 spiro atoms. The van der Waals surface area contributed by atoms with Crippen molar-refractivity contribution in [3.8, 4) is 5.75 Å². The number of aliphatic hydroxyl groups is 1. The summed E-state index contributed by atoms with van der Waals surface area (Å²) in [6.07, 6.45) is 1.35. The van der Waals surface area contributed by atoms with Crippen molar-refractivity contribution < 1.29 is 9.84 Å². The Kier molecular flexibility index (Phi) is 4.76. The molecular formula is C10H16ClN3O2. The molecule has 5 nitrogen and oxygen atoms in total. The Morgan fingerprint density at radius 1 is 1.50 bits per heavy atom. The molecule has 0 aliphatic rings. The van der Waals surface area contributed by atoms with Crippen LogP contribution < -0.4 is 10.1 Å². The summed E-state index contributed by atoms with van der Waals surface area (Å²) < 4.78 is 5.10. The maximum atomic E-state index is 9.21. The van der Waals surface area contributed by atoms with Gasteiger partial charge in [-0.2, -0.15) is 0 Å². The summed E-state index contributed by atoms with van der Waals surface area (Å²) in [4.78, 5) is 7.85. The average molecular weight is 246 g/mol. The van der Waals surface area contributed by atoms with E-state index >= 15 is 0 Å². The summed E-state index contributed by atoms with van der Waals surface area (Å²) in [5.41, 5.74) is 0. The van der Waals surface area contributed by atoms with E-state index in [1.54, 1.807) is 0 Å². The monoisotopic (exact) mass is 245 g/mol. The van der Waals surface area contributed by atoms with Crippen molar-refractivity contribution in [3.63, 3.8) is 0 Å². The second kappa shape index (κ2) is 5.86. The maximum Gasteiger partial charge on any atom is 0.198 e. The van der Waals surface area contributed by atoms with Gasteiger partial charge in [0.05, 0.1) is 19.8 Å². The Hall–Kier alpha value is -1.07. The highest BCUT2D eigenvalue weighted by atomic mass is 35.5. The van der Waals surface area contributed by atoms with Crippen LogP contribution in [-0.4, -0.2) is 34.8 Å². The second-order valence-electron chi connectivity index (χ2n) is 3.72. The highest BCUT2D eigenvalue weighted by Crippen LogP contribution is 2.29. The number of ether oxygens (including phenoxy) is 1. The van der Waals surface area contributed by atoms with Crippen LogP contribution in [0.25, 0.3) is 0 Å². The number of methoxy groups -OCH3 is 1. The molecule has 16 heavy (non-hydrogen) atoms. The Balaban J connectivity index is 2.91. The number of aliphatic hydroxyl groups excluding tert-OH is 1. The zero-order chi connectivity index (χ0) is 12.1. The van der Waals surface area contributed by atoms with Gasteiger partial charge in [-0.1, -0.05) is 25.4 Å². The fourth-order valence-corrected chi connectivity index (χ4v) is 1.44. The van der Waals surface area contributed by atoms with E-state index in [0.717, 1.165) is 0 Å². The van der Waals surface area contributed by atoms with E-state index < -0.39 is 0 Å². The standard InChI is InChI=1S/C10H16ClN3O2/c1-6(2)7(4-15)14-10-8(16-3)9(11)12-5-13-10/h5-7,15H,4H2,1-3H3,(H,12,13,14). The van der Waals surface area contributed by atoms with Gasteiger partial charge in [0.25, 0.3) is 0 Å². The molecule has 0 bridgehead atoms. The van der Waals surface area contributed by atoms with Crippen molar-refractivity contribution in [1.82, 2.24) is 9.97 Å². The first kappa shape index (κ1) is 13.0. The molecule has 1 unspecified atom stereocenters. The summed E-state index contributed by atoms with van der Waals surface area (Å²) >= 11 is 5.86. The van der Waals surface area contributed by atoms with Gasteiger partial charge in [-0.25, -0.2) is 9.97 Å². The Morgan fingerprint density at radius 2 is 2.19 bits per heavy atom. The maximum absolute atomic E-state index is 9.21. The zero-order valence-electron chi connectivity index (χ0n) is 9.57. The highest BCUT2D eigenvalue weighted by Gasteiger charge is 2.17. The number of hydrogen-bond donors (Lipinski definition) is 2. The third-order valence-corrected chi connectivity index (χ3v) is 2.56. The lowest BCUT2D eigenvalue weighted by Gasteiger charge is -2.21. The predicted molar refractivity (Wildman–Crippen MR) is 62.9 cm³/mol. The molecule has 1 rings (SSSR count). The van der Waals surface area contributed by atoms with Crippen LogP contribution in [0.2, 0.25) is 5.15 Å². The minimum absolute atomic E-state index is 0.0163. The third kappa shape index (κ3) is 2.96. The molecule has 1 aromatic heterocycles. The molecule has 6 heteroatoms. The summed E-state index contributed by atoms with van der Waals surface area (Å²) in [7, 11) is 1.50. The first-order chi connectivity index (χ1) is 7.60. The van der Waals surface area contributed by atoms with Crippen molar-refractivity contribution in [2.24, 2.45) is 5.92 Å². The van der Waals surface area contributed by atoms with Gasteiger partial charge in [-0.05, 0) is 5.92 Å². The van der Waals surface area contributed by atoms with E-state index in [-0.39, 0.29) is 23.7 Å². The lowest BCUT2D eigenvalue weighted by Crippen LogP contribution is -2.30. The number of nitrogens with one attached hydrogen (secondary N) is 1. The molecule has 0 amide bonds. The van der Waals surface area contributed by atoms with Gasteiger partial charge in [0, 0.05) is 0 Å². The van der Waals surface area contributed by atoms with Crippen LogP contribution >= 0.6 is 11.6 Å². The minimum atomic E-state index is -0.0973. The molecule has 1 aromatic rings. The van der Waals surface area contributed by atoms with E-state index in [4.69, 9.17) is 16.3 Å². The molecule has 0 aromatic carbocycles.